The standard InChI is InChI=1S/C15H28N2O2/c1-13(2)6-8-15(19,9-7-13)11-17-12(18)14(10-16)4-3-5-14/h19H,3-11,16H2,1-2H3,(H,17,18). The first-order chi connectivity index (χ1) is 8.81. The second-order valence-corrected chi connectivity index (χ2v) is 7.41. The fourth-order valence-electron chi connectivity index (χ4n) is 3.13. The van der Waals surface area contributed by atoms with Crippen LogP contribution in [0.25, 0.3) is 0 Å². The van der Waals surface area contributed by atoms with Crippen molar-refractivity contribution in [1.29, 1.82) is 0 Å². The molecule has 4 N–H and O–H groups in total. The van der Waals surface area contributed by atoms with Crippen LogP contribution in [-0.2, 0) is 4.79 Å². The summed E-state index contributed by atoms with van der Waals surface area (Å²) < 4.78 is 0. The van der Waals surface area contributed by atoms with Gasteiger partial charge < -0.3 is 16.2 Å². The van der Waals surface area contributed by atoms with E-state index in [1.165, 1.54) is 0 Å². The third kappa shape index (κ3) is 3.11. The first-order valence-corrected chi connectivity index (χ1v) is 7.52. The first kappa shape index (κ1) is 14.8. The summed E-state index contributed by atoms with van der Waals surface area (Å²) in [5.41, 5.74) is 4.99. The van der Waals surface area contributed by atoms with Crippen LogP contribution < -0.4 is 11.1 Å². The second-order valence-electron chi connectivity index (χ2n) is 7.41. The summed E-state index contributed by atoms with van der Waals surface area (Å²) in [6.45, 7) is 5.28. The molecule has 0 spiro atoms. The van der Waals surface area contributed by atoms with Gasteiger partial charge in [-0.25, -0.2) is 0 Å². The van der Waals surface area contributed by atoms with Gasteiger partial charge in [-0.1, -0.05) is 20.3 Å². The van der Waals surface area contributed by atoms with Crippen molar-refractivity contribution in [2.75, 3.05) is 13.1 Å². The molecule has 0 aromatic carbocycles. The van der Waals surface area contributed by atoms with Crippen LogP contribution in [0, 0.1) is 10.8 Å². The summed E-state index contributed by atoms with van der Waals surface area (Å²) in [7, 11) is 0. The minimum atomic E-state index is -0.718. The van der Waals surface area contributed by atoms with Gasteiger partial charge in [0.15, 0.2) is 0 Å². The summed E-state index contributed by atoms with van der Waals surface area (Å²) in [6, 6.07) is 0. The average molecular weight is 268 g/mol. The molecular formula is C15H28N2O2. The molecule has 1 amide bonds. The molecule has 4 nitrogen and oxygen atoms in total. The number of nitrogens with one attached hydrogen (secondary N) is 1. The highest BCUT2D eigenvalue weighted by Gasteiger charge is 2.44. The van der Waals surface area contributed by atoms with Crippen LogP contribution in [0.5, 0.6) is 0 Å². The van der Waals surface area contributed by atoms with Gasteiger partial charge >= 0.3 is 0 Å². The smallest absolute Gasteiger partial charge is 0.227 e. The van der Waals surface area contributed by atoms with Crippen molar-refractivity contribution >= 4 is 5.91 Å². The molecule has 0 heterocycles. The van der Waals surface area contributed by atoms with Gasteiger partial charge in [-0.05, 0) is 43.9 Å². The van der Waals surface area contributed by atoms with Crippen molar-refractivity contribution in [3.05, 3.63) is 0 Å². The molecule has 0 aromatic rings. The normalized spacial score (nSPS) is 27.4. The maximum atomic E-state index is 12.2. The number of hydrogen-bond acceptors (Lipinski definition) is 3. The molecule has 110 valence electrons. The van der Waals surface area contributed by atoms with Gasteiger partial charge in [0, 0.05) is 13.1 Å². The number of aliphatic hydroxyl groups is 1. The van der Waals surface area contributed by atoms with Crippen LogP contribution in [0.3, 0.4) is 0 Å². The van der Waals surface area contributed by atoms with E-state index in [1.807, 2.05) is 0 Å². The molecule has 0 atom stereocenters. The Bertz CT molecular complexity index is 333. The molecule has 2 fully saturated rings. The zero-order chi connectivity index (χ0) is 14.1. The Hall–Kier alpha value is -0.610. The second kappa shape index (κ2) is 5.06. The van der Waals surface area contributed by atoms with Gasteiger partial charge in [-0.3, -0.25) is 4.79 Å². The Morgan fingerprint density at radius 1 is 1.16 bits per heavy atom. The van der Waals surface area contributed by atoms with Crippen molar-refractivity contribution in [3.63, 3.8) is 0 Å². The fourth-order valence-corrected chi connectivity index (χ4v) is 3.13. The number of carbonyl (C=O) groups excluding carboxylic acids is 1. The van der Waals surface area contributed by atoms with Gasteiger partial charge in [0.05, 0.1) is 11.0 Å². The van der Waals surface area contributed by atoms with Gasteiger partial charge in [0.1, 0.15) is 0 Å². The number of nitrogens with two attached hydrogens (primary N) is 1. The van der Waals surface area contributed by atoms with Crippen molar-refractivity contribution in [3.8, 4) is 0 Å². The third-order valence-electron chi connectivity index (χ3n) is 5.30. The fraction of sp³-hybridized carbons (Fsp3) is 0.933. The monoisotopic (exact) mass is 268 g/mol. The highest BCUT2D eigenvalue weighted by Crippen LogP contribution is 2.41. The Labute approximate surface area is 116 Å². The summed E-state index contributed by atoms with van der Waals surface area (Å²) >= 11 is 0. The van der Waals surface area contributed by atoms with Gasteiger partial charge in [-0.2, -0.15) is 0 Å². The summed E-state index contributed by atoms with van der Waals surface area (Å²) in [6.07, 6.45) is 6.44. The number of rotatable bonds is 4. The Kier molecular flexibility index (Phi) is 3.94. The van der Waals surface area contributed by atoms with E-state index in [-0.39, 0.29) is 11.3 Å². The highest BCUT2D eigenvalue weighted by molar-refractivity contribution is 5.83. The molecule has 0 saturated heterocycles. The minimum absolute atomic E-state index is 0.0412. The van der Waals surface area contributed by atoms with Gasteiger partial charge in [0.2, 0.25) is 5.91 Å². The topological polar surface area (TPSA) is 75.3 Å². The van der Waals surface area contributed by atoms with Crippen LogP contribution in [0.4, 0.5) is 0 Å². The Balaban J connectivity index is 1.83. The Morgan fingerprint density at radius 3 is 2.16 bits per heavy atom. The van der Waals surface area contributed by atoms with E-state index in [1.54, 1.807) is 0 Å². The molecule has 2 aliphatic rings. The lowest BCUT2D eigenvalue weighted by molar-refractivity contribution is -0.137. The van der Waals surface area contributed by atoms with Crippen LogP contribution in [-0.4, -0.2) is 29.7 Å². The lowest BCUT2D eigenvalue weighted by Crippen LogP contribution is -2.54. The van der Waals surface area contributed by atoms with E-state index < -0.39 is 5.60 Å². The van der Waals surface area contributed by atoms with Crippen molar-refractivity contribution in [2.45, 2.75) is 64.4 Å². The average Bonchev–Trinajstić information content (AvgIpc) is 2.31. The summed E-state index contributed by atoms with van der Waals surface area (Å²) in [5, 5.41) is 13.5. The highest BCUT2D eigenvalue weighted by atomic mass is 16.3. The lowest BCUT2D eigenvalue weighted by atomic mass is 9.67. The van der Waals surface area contributed by atoms with E-state index in [2.05, 4.69) is 19.2 Å². The van der Waals surface area contributed by atoms with E-state index >= 15 is 0 Å². The first-order valence-electron chi connectivity index (χ1n) is 7.52. The van der Waals surface area contributed by atoms with Crippen molar-refractivity contribution in [2.24, 2.45) is 16.6 Å². The SMILES string of the molecule is CC1(C)CCC(O)(CNC(=O)C2(CN)CCC2)CC1. The van der Waals surface area contributed by atoms with Crippen LogP contribution >= 0.6 is 0 Å². The van der Waals surface area contributed by atoms with Gasteiger partial charge in [0.25, 0.3) is 0 Å². The molecule has 0 bridgehead atoms. The van der Waals surface area contributed by atoms with E-state index in [0.29, 0.717) is 18.5 Å². The van der Waals surface area contributed by atoms with Crippen LogP contribution in [0.15, 0.2) is 0 Å². The maximum Gasteiger partial charge on any atom is 0.227 e. The molecule has 19 heavy (non-hydrogen) atoms. The lowest BCUT2D eigenvalue weighted by Gasteiger charge is -2.42. The molecule has 0 unspecified atom stereocenters. The van der Waals surface area contributed by atoms with Crippen LogP contribution in [0.2, 0.25) is 0 Å². The predicted molar refractivity (Wildman–Crippen MR) is 75.5 cm³/mol. The molecule has 0 radical (unpaired) electrons. The van der Waals surface area contributed by atoms with Gasteiger partial charge in [-0.15, -0.1) is 0 Å². The van der Waals surface area contributed by atoms with Crippen LogP contribution in [0.1, 0.15) is 58.8 Å². The minimum Gasteiger partial charge on any atom is -0.388 e. The van der Waals surface area contributed by atoms with E-state index in [4.69, 9.17) is 5.73 Å². The molecule has 2 aliphatic carbocycles. The van der Waals surface area contributed by atoms with Crippen molar-refractivity contribution < 1.29 is 9.90 Å². The largest absolute Gasteiger partial charge is 0.388 e. The zero-order valence-electron chi connectivity index (χ0n) is 12.3. The summed E-state index contributed by atoms with van der Waals surface area (Å²) in [4.78, 5) is 12.2. The third-order valence-corrected chi connectivity index (χ3v) is 5.30. The maximum absolute atomic E-state index is 12.2. The van der Waals surface area contributed by atoms with Crippen molar-refractivity contribution in [1.82, 2.24) is 5.32 Å². The molecule has 4 heteroatoms. The number of carbonyl (C=O) groups is 1. The molecule has 2 saturated carbocycles. The number of amides is 1. The summed E-state index contributed by atoms with van der Waals surface area (Å²) in [5.74, 6) is 0.0412. The van der Waals surface area contributed by atoms with E-state index in [0.717, 1.165) is 44.9 Å². The van der Waals surface area contributed by atoms with E-state index in [9.17, 15) is 9.90 Å². The molecule has 0 aromatic heterocycles. The Morgan fingerprint density at radius 2 is 1.74 bits per heavy atom. The molecule has 0 aliphatic heterocycles. The predicted octanol–water partition coefficient (Wildman–Crippen LogP) is 1.56. The molecular weight excluding hydrogens is 240 g/mol. The quantitative estimate of drug-likeness (QED) is 0.724. The number of hydrogen-bond donors (Lipinski definition) is 3. The molecule has 2 rings (SSSR count). The zero-order valence-corrected chi connectivity index (χ0v) is 12.3.